The van der Waals surface area contributed by atoms with Gasteiger partial charge < -0.3 is 44.5 Å². The number of carbonyl (C=O) groups is 6. The third-order valence-electron chi connectivity index (χ3n) is 9.37. The quantitative estimate of drug-likeness (QED) is 0.0226. The molecule has 4 rings (SSSR count). The summed E-state index contributed by atoms with van der Waals surface area (Å²) < 4.78 is 68.0. The molecule has 0 bridgehead atoms. The van der Waals surface area contributed by atoms with Crippen LogP contribution in [0.5, 0.6) is 5.75 Å². The largest absolute Gasteiger partial charge is 0.489 e. The summed E-state index contributed by atoms with van der Waals surface area (Å²) in [6, 6.07) is 3.70. The monoisotopic (exact) mass is 1040 g/mol. The summed E-state index contributed by atoms with van der Waals surface area (Å²) in [6.45, 7) is 23.1. The fourth-order valence-electron chi connectivity index (χ4n) is 6.38. The lowest BCUT2D eigenvalue weighted by Crippen LogP contribution is -2.76. The fourth-order valence-corrected chi connectivity index (χ4v) is 7.52. The van der Waals surface area contributed by atoms with E-state index in [4.69, 9.17) is 28.5 Å². The summed E-state index contributed by atoms with van der Waals surface area (Å²) in [5.41, 5.74) is -4.88. The Morgan fingerprint density at radius 2 is 1.42 bits per heavy atom. The van der Waals surface area contributed by atoms with Crippen molar-refractivity contribution in [1.82, 2.24) is 30.7 Å². The number of esters is 1. The normalized spacial score (nSPS) is 15.8. The Morgan fingerprint density at radius 1 is 0.873 bits per heavy atom. The molecule has 1 aliphatic rings. The van der Waals surface area contributed by atoms with Crippen molar-refractivity contribution >= 4 is 79.5 Å². The minimum atomic E-state index is -5.11. The van der Waals surface area contributed by atoms with E-state index in [1.807, 2.05) is 22.6 Å². The molecule has 1 aromatic carbocycles. The van der Waals surface area contributed by atoms with Crippen LogP contribution in [0.2, 0.25) is 0 Å². The summed E-state index contributed by atoms with van der Waals surface area (Å²) >= 11 is 0.876. The number of ether oxygens (including phenoxy) is 5. The molecular weight excluding hydrogens is 975 g/mol. The smallest absolute Gasteiger partial charge is 0.418 e. The molecule has 394 valence electrons. The Kier molecular flexibility index (Phi) is 17.7. The first-order valence-electron chi connectivity index (χ1n) is 22.2. The van der Waals surface area contributed by atoms with Crippen molar-refractivity contribution in [2.75, 3.05) is 25.0 Å². The van der Waals surface area contributed by atoms with Gasteiger partial charge in [-0.1, -0.05) is 5.16 Å². The standard InChI is InChI=1S/C44H65N9O16S2/c1-40(2,3)64-35(56)30(68-50-31(28-24-70-36(47-28)49-39(59)67-43(10,11)12)33(54)48-32-34(55)53(44(32,13)14)69-71(60,61)62)23-63-27-16-17-29-26(18-27)22-52(51(29)15)21-25(19-45-37(57)65-41(4,5)6)20-46-38(58)66-42(7,8)9/h16-18,22,24-25,30,32H,19-21,23H2,1-15H3,(H4-,45,46,47,48,49,54,57,58,59,60,61,62)/p+1/b50-31-/t30?,32-/m1/s1. The molecule has 5 N–H and O–H groups in total. The first-order chi connectivity index (χ1) is 32.4. The molecule has 3 heterocycles. The van der Waals surface area contributed by atoms with Crippen LogP contribution in [-0.2, 0) is 66.4 Å². The number of hydrogen-bond acceptors (Lipinski definition) is 18. The second kappa shape index (κ2) is 22.0. The van der Waals surface area contributed by atoms with Gasteiger partial charge in [-0.3, -0.25) is 19.5 Å². The number of amides is 5. The van der Waals surface area contributed by atoms with Crippen LogP contribution in [0.3, 0.4) is 0 Å². The maximum Gasteiger partial charge on any atom is 0.418 e. The first-order valence-corrected chi connectivity index (χ1v) is 24.4. The number of hydroxylamine groups is 2. The number of thiazole rings is 1. The van der Waals surface area contributed by atoms with E-state index in [2.05, 4.69) is 35.7 Å². The maximum atomic E-state index is 14.0. The number of anilines is 1. The number of aromatic nitrogens is 3. The molecule has 0 saturated carbocycles. The van der Waals surface area contributed by atoms with E-state index in [-0.39, 0.29) is 35.6 Å². The second-order valence-electron chi connectivity index (χ2n) is 20.9. The molecule has 0 spiro atoms. The van der Waals surface area contributed by atoms with Gasteiger partial charge in [-0.05, 0) is 109 Å². The lowest BCUT2D eigenvalue weighted by atomic mass is 9.84. The topological polar surface area (TPSA) is 307 Å². The molecule has 0 radical (unpaired) electrons. The number of aryl methyl sites for hydroxylation is 1. The van der Waals surface area contributed by atoms with E-state index in [9.17, 15) is 41.7 Å². The number of benzene rings is 1. The van der Waals surface area contributed by atoms with Crippen LogP contribution >= 0.6 is 11.3 Å². The third-order valence-corrected chi connectivity index (χ3v) is 10.5. The summed E-state index contributed by atoms with van der Waals surface area (Å²) in [6.07, 6.45) is -1.90. The van der Waals surface area contributed by atoms with Gasteiger partial charge in [-0.25, -0.2) is 24.2 Å². The fraction of sp³-hybridized carbons (Fsp3) is 0.614. The summed E-state index contributed by atoms with van der Waals surface area (Å²) in [5, 5.41) is 16.8. The molecule has 5 amide bonds. The van der Waals surface area contributed by atoms with Crippen LogP contribution in [0.1, 0.15) is 103 Å². The van der Waals surface area contributed by atoms with Gasteiger partial charge in [0.1, 0.15) is 46.5 Å². The number of nitrogens with one attached hydrogen (secondary N) is 4. The van der Waals surface area contributed by atoms with Gasteiger partial charge in [0.2, 0.25) is 5.52 Å². The number of oxime groups is 1. The van der Waals surface area contributed by atoms with E-state index < -0.39 is 98.9 Å². The molecule has 71 heavy (non-hydrogen) atoms. The van der Waals surface area contributed by atoms with Gasteiger partial charge in [-0.2, -0.15) is 18.2 Å². The Morgan fingerprint density at radius 3 is 1.94 bits per heavy atom. The Hall–Kier alpha value is -6.32. The number of fused-ring (bicyclic) bond motifs is 1. The highest BCUT2D eigenvalue weighted by Gasteiger charge is 2.58. The summed E-state index contributed by atoms with van der Waals surface area (Å²) in [4.78, 5) is 88.3. The highest BCUT2D eigenvalue weighted by molar-refractivity contribution is 7.80. The zero-order valence-electron chi connectivity index (χ0n) is 42.6. The van der Waals surface area contributed by atoms with Crippen molar-refractivity contribution in [1.29, 1.82) is 0 Å². The third kappa shape index (κ3) is 17.8. The molecule has 1 saturated heterocycles. The van der Waals surface area contributed by atoms with Crippen molar-refractivity contribution in [2.24, 2.45) is 18.1 Å². The molecule has 0 aliphatic carbocycles. The van der Waals surface area contributed by atoms with Crippen LogP contribution in [-0.4, -0.2) is 129 Å². The van der Waals surface area contributed by atoms with Crippen LogP contribution in [0, 0.1) is 5.92 Å². The van der Waals surface area contributed by atoms with E-state index in [1.165, 1.54) is 19.2 Å². The number of β-lactam (4-membered cyclic amide) rings is 1. The molecule has 2 atom stereocenters. The number of nitrogens with zero attached hydrogens (tertiary/aromatic N) is 5. The zero-order chi connectivity index (χ0) is 53.7. The van der Waals surface area contributed by atoms with Crippen molar-refractivity contribution < 1.29 is 79.2 Å². The minimum absolute atomic E-state index is 0.0300. The zero-order valence-corrected chi connectivity index (χ0v) is 44.2. The van der Waals surface area contributed by atoms with Crippen molar-refractivity contribution in [3.8, 4) is 5.75 Å². The molecule has 2 aromatic heterocycles. The molecule has 1 aliphatic heterocycles. The Balaban J connectivity index is 1.62. The lowest BCUT2D eigenvalue weighted by molar-refractivity contribution is -0.731. The van der Waals surface area contributed by atoms with Gasteiger partial charge >= 0.3 is 34.6 Å². The Bertz CT molecular complexity index is 2570. The molecule has 27 heteroatoms. The van der Waals surface area contributed by atoms with Crippen molar-refractivity contribution in [3.05, 3.63) is 35.5 Å². The van der Waals surface area contributed by atoms with Crippen LogP contribution in [0.15, 0.2) is 34.9 Å². The second-order valence-corrected chi connectivity index (χ2v) is 22.7. The van der Waals surface area contributed by atoms with Crippen LogP contribution in [0.25, 0.3) is 10.9 Å². The van der Waals surface area contributed by atoms with Gasteiger partial charge in [0.15, 0.2) is 17.9 Å². The average Bonchev–Trinajstić information content (AvgIpc) is 3.77. The lowest BCUT2D eigenvalue weighted by Gasteiger charge is -2.50. The summed E-state index contributed by atoms with van der Waals surface area (Å²) in [7, 11) is -3.29. The van der Waals surface area contributed by atoms with Gasteiger partial charge in [-0.15, -0.1) is 20.3 Å². The van der Waals surface area contributed by atoms with E-state index in [1.54, 1.807) is 101 Å². The summed E-state index contributed by atoms with van der Waals surface area (Å²) in [5.74, 6) is -3.14. The van der Waals surface area contributed by atoms with E-state index in [0.717, 1.165) is 16.9 Å². The molecule has 1 fully saturated rings. The number of alkyl carbamates (subject to hydrolysis) is 2. The number of rotatable bonds is 18. The predicted molar refractivity (Wildman–Crippen MR) is 255 cm³/mol. The maximum absolute atomic E-state index is 14.0. The Labute approximate surface area is 416 Å². The number of hydrogen-bond donors (Lipinski definition) is 5. The predicted octanol–water partition coefficient (Wildman–Crippen LogP) is 4.28. The highest BCUT2D eigenvalue weighted by Crippen LogP contribution is 2.33. The van der Waals surface area contributed by atoms with Crippen molar-refractivity contribution in [3.63, 3.8) is 0 Å². The number of carbonyl (C=O) groups excluding carboxylic acids is 6. The van der Waals surface area contributed by atoms with Crippen molar-refractivity contribution in [2.45, 2.75) is 144 Å². The van der Waals surface area contributed by atoms with Gasteiger partial charge in [0.05, 0.1) is 23.7 Å². The van der Waals surface area contributed by atoms with E-state index >= 15 is 0 Å². The van der Waals surface area contributed by atoms with Gasteiger partial charge in [0.25, 0.3) is 17.9 Å². The van der Waals surface area contributed by atoms with E-state index in [0.29, 0.717) is 17.0 Å². The molecule has 25 nitrogen and oxygen atoms in total. The van der Waals surface area contributed by atoms with Gasteiger partial charge in [0, 0.05) is 30.5 Å². The average molecular weight is 1040 g/mol. The molecule has 1 unspecified atom stereocenters. The minimum Gasteiger partial charge on any atom is -0.489 e. The molecule has 3 aromatic rings. The van der Waals surface area contributed by atoms with Crippen LogP contribution in [0.4, 0.5) is 19.5 Å². The first kappa shape index (κ1) is 57.3. The van der Waals surface area contributed by atoms with Crippen LogP contribution < -0.4 is 30.7 Å². The molecular formula is C44H66N9O16S2+. The highest BCUT2D eigenvalue weighted by atomic mass is 32.3. The SMILES string of the molecule is C[n+]1c2ccc(OCC(O/N=C(\C(=O)N[C@@H]3C(=O)N(OS(=O)(=O)O)C3(C)C)c3csc(NC(=O)OC(C)(C)C)n3)C(=O)OC(C)(C)C)cc2cn1CC(CNC(=O)OC(C)(C)C)CNC(=O)OC(C)(C)C.